The molecule has 1 heterocycles. The Labute approximate surface area is 208 Å². The Bertz CT molecular complexity index is 1430. The smallest absolute Gasteiger partial charge is 0.303 e. The highest BCUT2D eigenvalue weighted by Crippen LogP contribution is 2.27. The molecule has 0 saturated heterocycles. The maximum Gasteiger partial charge on any atom is 0.303 e. The molecule has 8 heteroatoms. The predicted octanol–water partition coefficient (Wildman–Crippen LogP) is 4.94. The van der Waals surface area contributed by atoms with E-state index in [2.05, 4.69) is 16.7 Å². The number of carbonyl (C=O) groups is 2. The summed E-state index contributed by atoms with van der Waals surface area (Å²) < 4.78 is 0. The first-order valence-corrected chi connectivity index (χ1v) is 11.6. The summed E-state index contributed by atoms with van der Waals surface area (Å²) in [6.45, 7) is 2.31. The molecule has 4 rings (SSSR count). The van der Waals surface area contributed by atoms with E-state index in [9.17, 15) is 9.59 Å². The van der Waals surface area contributed by atoms with Crippen molar-refractivity contribution in [2.24, 2.45) is 0 Å². The van der Waals surface area contributed by atoms with Crippen molar-refractivity contribution in [2.45, 2.75) is 25.8 Å². The highest BCUT2D eigenvalue weighted by atomic mass is 16.4. The van der Waals surface area contributed by atoms with Crippen LogP contribution in [-0.4, -0.2) is 33.5 Å². The number of rotatable bonds is 9. The largest absolute Gasteiger partial charge is 0.481 e. The lowest BCUT2D eigenvalue weighted by Crippen LogP contribution is -2.26. The zero-order valence-corrected chi connectivity index (χ0v) is 19.7. The molecule has 0 aliphatic rings. The van der Waals surface area contributed by atoms with E-state index in [-0.39, 0.29) is 18.4 Å². The summed E-state index contributed by atoms with van der Waals surface area (Å²) in [5.74, 6) is -0.572. The van der Waals surface area contributed by atoms with E-state index in [0.717, 1.165) is 11.1 Å². The van der Waals surface area contributed by atoms with Crippen LogP contribution in [0.2, 0.25) is 0 Å². The van der Waals surface area contributed by atoms with Crippen molar-refractivity contribution in [1.82, 2.24) is 15.3 Å². The van der Waals surface area contributed by atoms with Crippen molar-refractivity contribution in [3.05, 3.63) is 89.5 Å². The maximum absolute atomic E-state index is 13.0. The second kappa shape index (κ2) is 11.1. The Morgan fingerprint density at radius 3 is 2.44 bits per heavy atom. The van der Waals surface area contributed by atoms with Crippen LogP contribution in [0.5, 0.6) is 0 Å². The summed E-state index contributed by atoms with van der Waals surface area (Å²) in [6, 6.07) is 23.7. The Morgan fingerprint density at radius 2 is 1.75 bits per heavy atom. The van der Waals surface area contributed by atoms with Crippen LogP contribution >= 0.6 is 0 Å². The number of nitrogens with zero attached hydrogens (tertiary/aromatic N) is 3. The zero-order chi connectivity index (χ0) is 25.5. The number of carboxylic acids is 1. The molecule has 0 aliphatic heterocycles. The molecule has 0 spiro atoms. The quantitative estimate of drug-likeness (QED) is 0.290. The molecule has 0 bridgehead atoms. The van der Waals surface area contributed by atoms with Crippen molar-refractivity contribution >= 4 is 28.7 Å². The van der Waals surface area contributed by atoms with Gasteiger partial charge >= 0.3 is 5.97 Å². The van der Waals surface area contributed by atoms with E-state index >= 15 is 0 Å². The lowest BCUT2D eigenvalue weighted by Gasteiger charge is -2.15. The number of aliphatic carboxylic acids is 1. The molecule has 1 amide bonds. The van der Waals surface area contributed by atoms with Crippen molar-refractivity contribution in [3.8, 4) is 17.3 Å². The minimum atomic E-state index is -0.851. The van der Waals surface area contributed by atoms with Gasteiger partial charge in [-0.1, -0.05) is 42.5 Å². The first-order valence-electron chi connectivity index (χ1n) is 11.6. The molecule has 0 radical (unpaired) electrons. The fourth-order valence-corrected chi connectivity index (χ4v) is 3.77. The SMILES string of the molecule is C[C@@H](NC(=O)c1ccc2nc(-c3ccccc3)c(NCCCC(=O)O)nc2c1)c1ccc(C#N)cc1. The minimum Gasteiger partial charge on any atom is -0.481 e. The first kappa shape index (κ1) is 24.4. The van der Waals surface area contributed by atoms with E-state index in [1.807, 2.05) is 49.4 Å². The number of hydrogen-bond acceptors (Lipinski definition) is 6. The molecule has 0 fully saturated rings. The van der Waals surface area contributed by atoms with Crippen LogP contribution in [0.3, 0.4) is 0 Å². The third-order valence-corrected chi connectivity index (χ3v) is 5.72. The standard InChI is InChI=1S/C28H25N5O3/c1-18(20-11-9-19(17-29)10-12-20)31-28(36)22-13-14-23-24(16-22)33-27(30-15-5-8-25(34)35)26(32-23)21-6-3-2-4-7-21/h2-4,6-7,9-14,16,18H,5,8,15H2,1H3,(H,30,33)(H,31,36)(H,34,35)/t18-/m1/s1. The second-order valence-electron chi connectivity index (χ2n) is 8.34. The number of fused-ring (bicyclic) bond motifs is 1. The Balaban J connectivity index is 1.59. The van der Waals surface area contributed by atoms with Crippen molar-refractivity contribution < 1.29 is 14.7 Å². The van der Waals surface area contributed by atoms with Gasteiger partial charge in [0.25, 0.3) is 5.91 Å². The van der Waals surface area contributed by atoms with Gasteiger partial charge in [-0.15, -0.1) is 0 Å². The van der Waals surface area contributed by atoms with Crippen LogP contribution in [0.15, 0.2) is 72.8 Å². The maximum atomic E-state index is 13.0. The second-order valence-corrected chi connectivity index (χ2v) is 8.34. The number of anilines is 1. The molecule has 3 N–H and O–H groups in total. The topological polar surface area (TPSA) is 128 Å². The van der Waals surface area contributed by atoms with Gasteiger partial charge in [-0.3, -0.25) is 9.59 Å². The Morgan fingerprint density at radius 1 is 1.00 bits per heavy atom. The molecule has 1 aromatic heterocycles. The van der Waals surface area contributed by atoms with Gasteiger partial charge in [0.15, 0.2) is 5.82 Å². The number of nitriles is 1. The van der Waals surface area contributed by atoms with Crippen LogP contribution in [0.25, 0.3) is 22.3 Å². The van der Waals surface area contributed by atoms with Gasteiger partial charge in [-0.2, -0.15) is 5.26 Å². The molecule has 0 saturated carbocycles. The number of nitrogens with one attached hydrogen (secondary N) is 2. The Kier molecular flexibility index (Phi) is 7.51. The fraction of sp³-hybridized carbons (Fsp3) is 0.179. The van der Waals surface area contributed by atoms with E-state index in [4.69, 9.17) is 20.3 Å². The van der Waals surface area contributed by atoms with E-state index in [0.29, 0.717) is 46.6 Å². The average molecular weight is 480 g/mol. The van der Waals surface area contributed by atoms with Gasteiger partial charge in [0.2, 0.25) is 0 Å². The number of benzene rings is 3. The highest BCUT2D eigenvalue weighted by molar-refractivity contribution is 5.98. The summed E-state index contributed by atoms with van der Waals surface area (Å²) in [4.78, 5) is 33.3. The Hall–Kier alpha value is -4.77. The number of amides is 1. The van der Waals surface area contributed by atoms with Crippen LogP contribution in [-0.2, 0) is 4.79 Å². The predicted molar refractivity (Wildman–Crippen MR) is 137 cm³/mol. The van der Waals surface area contributed by atoms with Gasteiger partial charge in [0, 0.05) is 24.1 Å². The van der Waals surface area contributed by atoms with Crippen molar-refractivity contribution in [2.75, 3.05) is 11.9 Å². The summed E-state index contributed by atoms with van der Waals surface area (Å²) in [5, 5.41) is 24.1. The third kappa shape index (κ3) is 5.83. The zero-order valence-electron chi connectivity index (χ0n) is 19.7. The third-order valence-electron chi connectivity index (χ3n) is 5.72. The summed E-state index contributed by atoms with van der Waals surface area (Å²) in [7, 11) is 0. The molecule has 1 atom stereocenters. The van der Waals surface area contributed by atoms with Crippen LogP contribution < -0.4 is 10.6 Å². The summed E-state index contributed by atoms with van der Waals surface area (Å²) in [5.41, 5.74) is 4.63. The molecule has 36 heavy (non-hydrogen) atoms. The number of hydrogen-bond donors (Lipinski definition) is 3. The monoisotopic (exact) mass is 479 g/mol. The molecular weight excluding hydrogens is 454 g/mol. The molecule has 0 unspecified atom stereocenters. The number of carboxylic acid groups (broad SMARTS) is 1. The van der Waals surface area contributed by atoms with E-state index in [1.165, 1.54) is 0 Å². The number of aromatic nitrogens is 2. The van der Waals surface area contributed by atoms with Crippen LogP contribution in [0, 0.1) is 11.3 Å². The number of carbonyl (C=O) groups excluding carboxylic acids is 1. The minimum absolute atomic E-state index is 0.0520. The van der Waals surface area contributed by atoms with Gasteiger partial charge in [0.05, 0.1) is 28.7 Å². The molecule has 3 aromatic carbocycles. The average Bonchev–Trinajstić information content (AvgIpc) is 2.90. The summed E-state index contributed by atoms with van der Waals surface area (Å²) >= 11 is 0. The molecule has 4 aromatic rings. The molecule has 8 nitrogen and oxygen atoms in total. The van der Waals surface area contributed by atoms with Crippen molar-refractivity contribution in [1.29, 1.82) is 5.26 Å². The fourth-order valence-electron chi connectivity index (χ4n) is 3.77. The molecule has 0 aliphatic carbocycles. The molecule has 180 valence electrons. The summed E-state index contributed by atoms with van der Waals surface area (Å²) in [6.07, 6.45) is 0.495. The van der Waals surface area contributed by atoms with E-state index < -0.39 is 5.97 Å². The van der Waals surface area contributed by atoms with Gasteiger partial charge in [0.1, 0.15) is 5.69 Å². The lowest BCUT2D eigenvalue weighted by atomic mass is 10.1. The normalized spacial score (nSPS) is 11.4. The highest BCUT2D eigenvalue weighted by Gasteiger charge is 2.15. The van der Waals surface area contributed by atoms with Gasteiger partial charge in [-0.25, -0.2) is 9.97 Å². The van der Waals surface area contributed by atoms with Crippen LogP contribution in [0.1, 0.15) is 47.3 Å². The van der Waals surface area contributed by atoms with Crippen molar-refractivity contribution in [3.63, 3.8) is 0 Å². The first-order chi connectivity index (χ1) is 17.4. The van der Waals surface area contributed by atoms with Gasteiger partial charge in [-0.05, 0) is 49.2 Å². The molecular formula is C28H25N5O3. The lowest BCUT2D eigenvalue weighted by molar-refractivity contribution is -0.137. The van der Waals surface area contributed by atoms with E-state index in [1.54, 1.807) is 30.3 Å². The van der Waals surface area contributed by atoms with Gasteiger partial charge < -0.3 is 15.7 Å². The van der Waals surface area contributed by atoms with Crippen LogP contribution in [0.4, 0.5) is 5.82 Å².